The van der Waals surface area contributed by atoms with Crippen LogP contribution in [-0.4, -0.2) is 49.2 Å². The lowest BCUT2D eigenvalue weighted by atomic mass is 9.85. The van der Waals surface area contributed by atoms with Gasteiger partial charge in [-0.3, -0.25) is 0 Å². The zero-order chi connectivity index (χ0) is 26.4. The molecule has 4 rings (SSSR count). The number of unbranched alkanes of at least 4 members (excludes halogenated alkanes) is 2. The molecule has 3 fully saturated rings. The van der Waals surface area contributed by atoms with Crippen LogP contribution in [0.4, 0.5) is 0 Å². The summed E-state index contributed by atoms with van der Waals surface area (Å²) in [5, 5.41) is 11.1. The van der Waals surface area contributed by atoms with Gasteiger partial charge in [0, 0.05) is 19.6 Å². The molecule has 0 bridgehead atoms. The van der Waals surface area contributed by atoms with Crippen molar-refractivity contribution in [3.63, 3.8) is 0 Å². The van der Waals surface area contributed by atoms with E-state index in [-0.39, 0.29) is 36.8 Å². The maximum Gasteiger partial charge on any atom is 0.157 e. The number of aryl methyl sites for hydroxylation is 1. The van der Waals surface area contributed by atoms with Crippen LogP contribution in [-0.2, 0) is 25.4 Å². The zero-order valence-corrected chi connectivity index (χ0v) is 23.7. The SMILES string of the molecule is CCCC/C=C\C[C@@H]1[C@@H](CC[C@H](CCc2ccccc2)OC2CCCCO2)[C@H](OC2CCCCO2)C[C@@H]1O. The third-order valence-corrected chi connectivity index (χ3v) is 8.66. The molecule has 5 heteroatoms. The summed E-state index contributed by atoms with van der Waals surface area (Å²) in [4.78, 5) is 0. The highest BCUT2D eigenvalue weighted by molar-refractivity contribution is 5.14. The normalized spacial score (nSPS) is 31.1. The minimum Gasteiger partial charge on any atom is -0.393 e. The molecule has 0 amide bonds. The molecular formula is C33H52O5. The number of allylic oxidation sites excluding steroid dienone is 2. The average Bonchev–Trinajstić information content (AvgIpc) is 3.25. The van der Waals surface area contributed by atoms with Crippen LogP contribution in [0.2, 0.25) is 0 Å². The molecule has 3 aliphatic rings. The summed E-state index contributed by atoms with van der Waals surface area (Å²) in [6, 6.07) is 10.7. The second-order valence-corrected chi connectivity index (χ2v) is 11.6. The van der Waals surface area contributed by atoms with Gasteiger partial charge in [-0.2, -0.15) is 0 Å². The Morgan fingerprint density at radius 2 is 1.71 bits per heavy atom. The van der Waals surface area contributed by atoms with Gasteiger partial charge in [0.15, 0.2) is 12.6 Å². The lowest BCUT2D eigenvalue weighted by Crippen LogP contribution is -2.33. The summed E-state index contributed by atoms with van der Waals surface area (Å²) in [6.07, 6.45) is 19.9. The smallest absolute Gasteiger partial charge is 0.157 e. The molecule has 2 aliphatic heterocycles. The van der Waals surface area contributed by atoms with Crippen LogP contribution >= 0.6 is 0 Å². The van der Waals surface area contributed by atoms with Crippen LogP contribution in [0.3, 0.4) is 0 Å². The maximum atomic E-state index is 11.1. The average molecular weight is 529 g/mol. The number of benzene rings is 1. The first-order valence-corrected chi connectivity index (χ1v) is 15.6. The number of aliphatic hydroxyl groups is 1. The summed E-state index contributed by atoms with van der Waals surface area (Å²) < 4.78 is 25.0. The Balaban J connectivity index is 1.40. The Morgan fingerprint density at radius 1 is 0.947 bits per heavy atom. The van der Waals surface area contributed by atoms with Gasteiger partial charge in [0.1, 0.15) is 0 Å². The van der Waals surface area contributed by atoms with E-state index in [0.717, 1.165) is 83.8 Å². The van der Waals surface area contributed by atoms with E-state index in [1.165, 1.54) is 24.8 Å². The molecule has 2 saturated heterocycles. The van der Waals surface area contributed by atoms with Gasteiger partial charge in [-0.1, -0.05) is 62.2 Å². The minimum absolute atomic E-state index is 0.0443. The van der Waals surface area contributed by atoms with Crippen molar-refractivity contribution in [2.45, 2.75) is 134 Å². The molecule has 2 heterocycles. The van der Waals surface area contributed by atoms with Crippen molar-refractivity contribution in [2.24, 2.45) is 11.8 Å². The summed E-state index contributed by atoms with van der Waals surface area (Å²) in [5.41, 5.74) is 1.35. The number of aliphatic hydroxyl groups excluding tert-OH is 1. The van der Waals surface area contributed by atoms with Crippen molar-refractivity contribution in [3.8, 4) is 0 Å². The quantitative estimate of drug-likeness (QED) is 0.190. The largest absolute Gasteiger partial charge is 0.393 e. The highest BCUT2D eigenvalue weighted by Gasteiger charge is 2.43. The van der Waals surface area contributed by atoms with E-state index in [1.807, 2.05) is 0 Å². The summed E-state index contributed by atoms with van der Waals surface area (Å²) >= 11 is 0. The number of ether oxygens (including phenoxy) is 4. The maximum absolute atomic E-state index is 11.1. The van der Waals surface area contributed by atoms with Gasteiger partial charge in [-0.25, -0.2) is 0 Å². The van der Waals surface area contributed by atoms with Crippen molar-refractivity contribution in [1.29, 1.82) is 0 Å². The van der Waals surface area contributed by atoms with E-state index < -0.39 is 0 Å². The van der Waals surface area contributed by atoms with E-state index in [2.05, 4.69) is 49.4 Å². The molecule has 0 aromatic heterocycles. The van der Waals surface area contributed by atoms with Crippen LogP contribution < -0.4 is 0 Å². The Labute approximate surface area is 231 Å². The first-order chi connectivity index (χ1) is 18.7. The van der Waals surface area contributed by atoms with Crippen molar-refractivity contribution in [2.75, 3.05) is 13.2 Å². The highest BCUT2D eigenvalue weighted by Crippen LogP contribution is 2.41. The second-order valence-electron chi connectivity index (χ2n) is 11.6. The van der Waals surface area contributed by atoms with Crippen molar-refractivity contribution in [1.82, 2.24) is 0 Å². The van der Waals surface area contributed by atoms with Gasteiger partial charge >= 0.3 is 0 Å². The third-order valence-electron chi connectivity index (χ3n) is 8.66. The molecule has 1 aromatic rings. The summed E-state index contributed by atoms with van der Waals surface area (Å²) in [7, 11) is 0. The Morgan fingerprint density at radius 3 is 2.42 bits per heavy atom. The highest BCUT2D eigenvalue weighted by atomic mass is 16.7. The molecule has 0 spiro atoms. The number of hydrogen-bond donors (Lipinski definition) is 1. The summed E-state index contributed by atoms with van der Waals surface area (Å²) in [6.45, 7) is 3.81. The van der Waals surface area contributed by atoms with E-state index in [1.54, 1.807) is 0 Å². The first kappa shape index (κ1) is 29.7. The lowest BCUT2D eigenvalue weighted by Gasteiger charge is -2.32. The van der Waals surface area contributed by atoms with Gasteiger partial charge < -0.3 is 24.1 Å². The second kappa shape index (κ2) is 16.8. The van der Waals surface area contributed by atoms with E-state index in [4.69, 9.17) is 18.9 Å². The molecule has 2 unspecified atom stereocenters. The van der Waals surface area contributed by atoms with Crippen molar-refractivity contribution in [3.05, 3.63) is 48.0 Å². The molecule has 214 valence electrons. The molecule has 1 N–H and O–H groups in total. The fourth-order valence-electron chi connectivity index (χ4n) is 6.41. The van der Waals surface area contributed by atoms with Crippen LogP contribution in [0.1, 0.15) is 102 Å². The molecule has 1 aromatic carbocycles. The van der Waals surface area contributed by atoms with Gasteiger partial charge in [0.05, 0.1) is 18.3 Å². The molecule has 38 heavy (non-hydrogen) atoms. The minimum atomic E-state index is -0.324. The predicted octanol–water partition coefficient (Wildman–Crippen LogP) is 7.36. The topological polar surface area (TPSA) is 57.2 Å². The zero-order valence-electron chi connectivity index (χ0n) is 23.7. The van der Waals surface area contributed by atoms with Crippen molar-refractivity contribution >= 4 is 0 Å². The molecule has 0 radical (unpaired) electrons. The van der Waals surface area contributed by atoms with Gasteiger partial charge in [-0.15, -0.1) is 0 Å². The monoisotopic (exact) mass is 528 g/mol. The molecule has 5 nitrogen and oxygen atoms in total. The van der Waals surface area contributed by atoms with Crippen molar-refractivity contribution < 1.29 is 24.1 Å². The Hall–Kier alpha value is -1.24. The molecular weight excluding hydrogens is 476 g/mol. The van der Waals surface area contributed by atoms with Gasteiger partial charge in [0.2, 0.25) is 0 Å². The van der Waals surface area contributed by atoms with E-state index >= 15 is 0 Å². The van der Waals surface area contributed by atoms with Gasteiger partial charge in [0.25, 0.3) is 0 Å². The lowest BCUT2D eigenvalue weighted by molar-refractivity contribution is -0.200. The Bertz CT molecular complexity index is 771. The number of hydrogen-bond acceptors (Lipinski definition) is 5. The fourth-order valence-corrected chi connectivity index (χ4v) is 6.41. The van der Waals surface area contributed by atoms with Crippen LogP contribution in [0.5, 0.6) is 0 Å². The molecule has 1 saturated carbocycles. The Kier molecular flexibility index (Phi) is 13.1. The van der Waals surface area contributed by atoms with E-state index in [0.29, 0.717) is 12.3 Å². The predicted molar refractivity (Wildman–Crippen MR) is 152 cm³/mol. The fraction of sp³-hybridized carbons (Fsp3) is 0.758. The van der Waals surface area contributed by atoms with Gasteiger partial charge in [-0.05, 0) is 94.4 Å². The number of rotatable bonds is 15. The summed E-state index contributed by atoms with van der Waals surface area (Å²) in [5.74, 6) is 0.531. The third kappa shape index (κ3) is 9.75. The van der Waals surface area contributed by atoms with E-state index in [9.17, 15) is 5.11 Å². The van der Waals surface area contributed by atoms with Crippen LogP contribution in [0, 0.1) is 11.8 Å². The standard InChI is InChI=1S/C33H52O5/c1-2-3-4-5-9-16-28-29(31(25-30(28)34)38-33-18-11-13-24-36-33)22-21-27(37-32-17-10-12-23-35-32)20-19-26-14-7-6-8-15-26/h5-9,14-15,27-34H,2-4,10-13,16-25H2,1H3/b9-5-/t27-,28+,29+,30-,31+,32?,33?/m0/s1. The van der Waals surface area contributed by atoms with Crippen LogP contribution in [0.25, 0.3) is 0 Å². The van der Waals surface area contributed by atoms with Crippen LogP contribution in [0.15, 0.2) is 42.5 Å². The molecule has 7 atom stereocenters. The molecule has 1 aliphatic carbocycles. The first-order valence-electron chi connectivity index (χ1n) is 15.6.